The highest BCUT2D eigenvalue weighted by Gasteiger charge is 2.21. The number of halogens is 1. The molecule has 0 fully saturated rings. The molecule has 0 bridgehead atoms. The summed E-state index contributed by atoms with van der Waals surface area (Å²) in [6.45, 7) is 1.51. The average Bonchev–Trinajstić information content (AvgIpc) is 2.91. The van der Waals surface area contributed by atoms with Gasteiger partial charge in [0.05, 0.1) is 11.6 Å². The molecule has 0 amide bonds. The van der Waals surface area contributed by atoms with Gasteiger partial charge in [-0.3, -0.25) is 4.98 Å². The van der Waals surface area contributed by atoms with E-state index in [9.17, 15) is 0 Å². The minimum absolute atomic E-state index is 0.244. The predicted molar refractivity (Wildman–Crippen MR) is 105 cm³/mol. The monoisotopic (exact) mass is 364 g/mol. The molecule has 1 N–H and O–H groups in total. The standard InChI is InChI=1S/C22H21ClN2O/c23-20-9-2-8-19-21(10-4-12-26-22(19)20)25-14-16-5-1-6-17(13-16)18-7-3-11-24-15-18/h1-3,5-9,11,13,15,21,25H,4,10,12,14H2. The van der Waals surface area contributed by atoms with Crippen molar-refractivity contribution in [3.63, 3.8) is 0 Å². The van der Waals surface area contributed by atoms with Crippen molar-refractivity contribution in [3.8, 4) is 16.9 Å². The Labute approximate surface area is 159 Å². The molecule has 3 aromatic rings. The summed E-state index contributed by atoms with van der Waals surface area (Å²) in [6, 6.07) is 18.9. The van der Waals surface area contributed by atoms with Crippen molar-refractivity contribution < 1.29 is 4.74 Å². The van der Waals surface area contributed by atoms with Crippen LogP contribution in [0.25, 0.3) is 11.1 Å². The van der Waals surface area contributed by atoms with E-state index in [0.717, 1.165) is 36.3 Å². The van der Waals surface area contributed by atoms with Gasteiger partial charge in [-0.15, -0.1) is 0 Å². The molecule has 0 radical (unpaired) electrons. The zero-order chi connectivity index (χ0) is 17.8. The number of pyridine rings is 1. The first-order chi connectivity index (χ1) is 12.8. The molecule has 4 heteroatoms. The summed E-state index contributed by atoms with van der Waals surface area (Å²) in [7, 11) is 0. The molecule has 1 aromatic heterocycles. The van der Waals surface area contributed by atoms with Gasteiger partial charge in [0.1, 0.15) is 5.75 Å². The van der Waals surface area contributed by atoms with Gasteiger partial charge in [-0.25, -0.2) is 0 Å². The largest absolute Gasteiger partial charge is 0.492 e. The van der Waals surface area contributed by atoms with Gasteiger partial charge in [0.25, 0.3) is 0 Å². The minimum Gasteiger partial charge on any atom is -0.492 e. The summed E-state index contributed by atoms with van der Waals surface area (Å²) in [4.78, 5) is 4.21. The first kappa shape index (κ1) is 17.1. The van der Waals surface area contributed by atoms with E-state index in [1.54, 1.807) is 6.20 Å². The topological polar surface area (TPSA) is 34.1 Å². The van der Waals surface area contributed by atoms with E-state index in [4.69, 9.17) is 16.3 Å². The van der Waals surface area contributed by atoms with Crippen LogP contribution >= 0.6 is 11.6 Å². The lowest BCUT2D eigenvalue weighted by molar-refractivity contribution is 0.315. The molecule has 132 valence electrons. The molecule has 1 unspecified atom stereocenters. The number of ether oxygens (including phenoxy) is 1. The summed E-state index contributed by atoms with van der Waals surface area (Å²) < 4.78 is 5.86. The molecule has 0 aliphatic carbocycles. The van der Waals surface area contributed by atoms with Crippen molar-refractivity contribution in [1.29, 1.82) is 0 Å². The highest BCUT2D eigenvalue weighted by molar-refractivity contribution is 6.32. The van der Waals surface area contributed by atoms with E-state index < -0.39 is 0 Å². The first-order valence-electron chi connectivity index (χ1n) is 8.95. The number of rotatable bonds is 4. The van der Waals surface area contributed by atoms with E-state index in [2.05, 4.69) is 46.7 Å². The normalized spacial score (nSPS) is 16.4. The Morgan fingerprint density at radius 2 is 1.96 bits per heavy atom. The number of hydrogen-bond donors (Lipinski definition) is 1. The van der Waals surface area contributed by atoms with Gasteiger partial charge in [-0.2, -0.15) is 0 Å². The van der Waals surface area contributed by atoms with Crippen LogP contribution in [0.1, 0.15) is 30.0 Å². The fourth-order valence-corrected chi connectivity index (χ4v) is 3.65. The maximum atomic E-state index is 6.33. The second-order valence-electron chi connectivity index (χ2n) is 6.52. The van der Waals surface area contributed by atoms with Gasteiger partial charge >= 0.3 is 0 Å². The number of fused-ring (bicyclic) bond motifs is 1. The molecule has 1 atom stereocenters. The SMILES string of the molecule is Clc1cccc2c1OCCCC2NCc1cccc(-c2cccnc2)c1. The number of hydrogen-bond acceptors (Lipinski definition) is 3. The van der Waals surface area contributed by atoms with Crippen LogP contribution in [0.2, 0.25) is 5.02 Å². The molecule has 4 rings (SSSR count). The lowest BCUT2D eigenvalue weighted by atomic mass is 10.0. The molecule has 3 nitrogen and oxygen atoms in total. The Morgan fingerprint density at radius 3 is 2.85 bits per heavy atom. The smallest absolute Gasteiger partial charge is 0.142 e. The van der Waals surface area contributed by atoms with Crippen LogP contribution in [0.4, 0.5) is 0 Å². The van der Waals surface area contributed by atoms with E-state index >= 15 is 0 Å². The Bertz CT molecular complexity index is 882. The van der Waals surface area contributed by atoms with Crippen molar-refractivity contribution >= 4 is 11.6 Å². The second kappa shape index (κ2) is 7.90. The number of aromatic nitrogens is 1. The highest BCUT2D eigenvalue weighted by atomic mass is 35.5. The summed E-state index contributed by atoms with van der Waals surface area (Å²) in [5, 5.41) is 4.38. The van der Waals surface area contributed by atoms with Crippen LogP contribution in [-0.4, -0.2) is 11.6 Å². The Kier molecular flexibility index (Phi) is 5.19. The number of para-hydroxylation sites is 1. The molecular weight excluding hydrogens is 344 g/mol. The molecular formula is C22H21ClN2O. The zero-order valence-electron chi connectivity index (χ0n) is 14.5. The van der Waals surface area contributed by atoms with Gasteiger partial charge in [0, 0.05) is 30.5 Å². The van der Waals surface area contributed by atoms with Crippen molar-refractivity contribution in [1.82, 2.24) is 10.3 Å². The van der Waals surface area contributed by atoms with Gasteiger partial charge in [0.15, 0.2) is 0 Å². The van der Waals surface area contributed by atoms with Crippen molar-refractivity contribution in [2.24, 2.45) is 0 Å². The minimum atomic E-state index is 0.244. The van der Waals surface area contributed by atoms with E-state index in [1.807, 2.05) is 24.4 Å². The molecule has 1 aliphatic rings. The van der Waals surface area contributed by atoms with Crippen molar-refractivity contribution in [2.75, 3.05) is 6.61 Å². The molecule has 2 heterocycles. The third-order valence-corrected chi connectivity index (χ3v) is 5.03. The lowest BCUT2D eigenvalue weighted by Crippen LogP contribution is -2.20. The first-order valence-corrected chi connectivity index (χ1v) is 9.33. The number of benzene rings is 2. The molecule has 26 heavy (non-hydrogen) atoms. The Balaban J connectivity index is 1.52. The van der Waals surface area contributed by atoms with Gasteiger partial charge in [0.2, 0.25) is 0 Å². The van der Waals surface area contributed by atoms with Crippen molar-refractivity contribution in [2.45, 2.75) is 25.4 Å². The fourth-order valence-electron chi connectivity index (χ4n) is 3.42. The fraction of sp³-hybridized carbons (Fsp3) is 0.227. The van der Waals surface area contributed by atoms with Gasteiger partial charge in [-0.05, 0) is 47.7 Å². The summed E-state index contributed by atoms with van der Waals surface area (Å²) in [6.07, 6.45) is 5.74. The van der Waals surface area contributed by atoms with Crippen LogP contribution in [0.3, 0.4) is 0 Å². The maximum Gasteiger partial charge on any atom is 0.142 e. The third kappa shape index (κ3) is 3.74. The van der Waals surface area contributed by atoms with Crippen LogP contribution in [0.15, 0.2) is 67.0 Å². The van der Waals surface area contributed by atoms with Crippen molar-refractivity contribution in [3.05, 3.63) is 83.1 Å². The number of nitrogens with zero attached hydrogens (tertiary/aromatic N) is 1. The van der Waals surface area contributed by atoms with Crippen LogP contribution in [0.5, 0.6) is 5.75 Å². The quantitative estimate of drug-likeness (QED) is 0.672. The van der Waals surface area contributed by atoms with Gasteiger partial charge in [-0.1, -0.05) is 48.0 Å². The molecule has 0 saturated carbocycles. The van der Waals surface area contributed by atoms with Crippen LogP contribution in [0, 0.1) is 0 Å². The zero-order valence-corrected chi connectivity index (χ0v) is 15.2. The predicted octanol–water partition coefficient (Wildman–Crippen LogP) is 5.41. The molecule has 2 aromatic carbocycles. The summed E-state index contributed by atoms with van der Waals surface area (Å²) in [5.41, 5.74) is 4.72. The summed E-state index contributed by atoms with van der Waals surface area (Å²) >= 11 is 6.33. The maximum absolute atomic E-state index is 6.33. The molecule has 1 aliphatic heterocycles. The lowest BCUT2D eigenvalue weighted by Gasteiger charge is -2.19. The third-order valence-electron chi connectivity index (χ3n) is 4.73. The Morgan fingerprint density at radius 1 is 1.08 bits per heavy atom. The molecule has 0 saturated heterocycles. The average molecular weight is 365 g/mol. The second-order valence-corrected chi connectivity index (χ2v) is 6.93. The van der Waals surface area contributed by atoms with E-state index in [0.29, 0.717) is 11.6 Å². The number of nitrogens with one attached hydrogen (secondary N) is 1. The molecule has 0 spiro atoms. The highest BCUT2D eigenvalue weighted by Crippen LogP contribution is 2.37. The van der Waals surface area contributed by atoms with E-state index in [1.165, 1.54) is 11.1 Å². The van der Waals surface area contributed by atoms with Crippen LogP contribution < -0.4 is 10.1 Å². The summed E-state index contributed by atoms with van der Waals surface area (Å²) in [5.74, 6) is 0.827. The van der Waals surface area contributed by atoms with E-state index in [-0.39, 0.29) is 6.04 Å². The van der Waals surface area contributed by atoms with Gasteiger partial charge < -0.3 is 10.1 Å². The Hall–Kier alpha value is -2.36. The van der Waals surface area contributed by atoms with Crippen LogP contribution in [-0.2, 0) is 6.54 Å².